The summed E-state index contributed by atoms with van der Waals surface area (Å²) in [7, 11) is 0. The van der Waals surface area contributed by atoms with Crippen LogP contribution in [0.1, 0.15) is 51.8 Å². The zero-order valence-corrected chi connectivity index (χ0v) is 15.7. The van der Waals surface area contributed by atoms with Gasteiger partial charge in [0.25, 0.3) is 0 Å². The summed E-state index contributed by atoms with van der Waals surface area (Å²) in [5.41, 5.74) is 1.15. The quantitative estimate of drug-likeness (QED) is 0.734. The molecule has 20 heavy (non-hydrogen) atoms. The maximum Gasteiger partial charge on any atom is 0.0718 e. The van der Waals surface area contributed by atoms with Crippen LogP contribution in [-0.2, 0) is 0 Å². The zero-order valence-electron chi connectivity index (χ0n) is 12.5. The molecule has 4 heteroatoms. The predicted molar refractivity (Wildman–Crippen MR) is 91.7 cm³/mol. The van der Waals surface area contributed by atoms with Crippen molar-refractivity contribution in [3.8, 4) is 0 Å². The van der Waals surface area contributed by atoms with Gasteiger partial charge in [-0.25, -0.2) is 0 Å². The lowest BCUT2D eigenvalue weighted by molar-refractivity contribution is 0.175. The first-order valence-electron chi connectivity index (χ1n) is 7.55. The van der Waals surface area contributed by atoms with E-state index >= 15 is 0 Å². The maximum absolute atomic E-state index is 4.67. The van der Waals surface area contributed by atoms with Crippen LogP contribution in [0.5, 0.6) is 0 Å². The molecule has 1 heterocycles. The molecule has 0 saturated heterocycles. The van der Waals surface area contributed by atoms with Crippen molar-refractivity contribution in [2.45, 2.75) is 46.1 Å². The molecule has 1 aromatic rings. The highest BCUT2D eigenvalue weighted by Crippen LogP contribution is 2.41. The van der Waals surface area contributed by atoms with Crippen LogP contribution < -0.4 is 5.32 Å². The van der Waals surface area contributed by atoms with Crippen molar-refractivity contribution in [2.75, 3.05) is 6.54 Å². The predicted octanol–water partition coefficient (Wildman–Crippen LogP) is 5.33. The average Bonchev–Trinajstić information content (AvgIpc) is 2.35. The highest BCUT2D eigenvalue weighted by Gasteiger charge is 2.32. The monoisotopic (exact) mass is 402 g/mol. The van der Waals surface area contributed by atoms with Crippen LogP contribution in [0.2, 0.25) is 0 Å². The lowest BCUT2D eigenvalue weighted by Crippen LogP contribution is -2.34. The molecule has 0 aromatic carbocycles. The van der Waals surface area contributed by atoms with Gasteiger partial charge in [-0.2, -0.15) is 0 Å². The second-order valence-electron chi connectivity index (χ2n) is 6.23. The number of rotatable bonds is 4. The maximum atomic E-state index is 4.67. The zero-order chi connectivity index (χ0) is 14.7. The van der Waals surface area contributed by atoms with Crippen molar-refractivity contribution >= 4 is 31.9 Å². The van der Waals surface area contributed by atoms with E-state index in [0.717, 1.165) is 33.0 Å². The van der Waals surface area contributed by atoms with Crippen molar-refractivity contribution in [3.05, 3.63) is 26.9 Å². The molecule has 0 bridgehead atoms. The largest absolute Gasteiger partial charge is 0.309 e. The number of hydrogen-bond donors (Lipinski definition) is 1. The first-order valence-corrected chi connectivity index (χ1v) is 9.14. The van der Waals surface area contributed by atoms with Crippen LogP contribution in [0, 0.1) is 17.8 Å². The van der Waals surface area contributed by atoms with E-state index in [1.807, 2.05) is 6.20 Å². The first-order chi connectivity index (χ1) is 9.51. The van der Waals surface area contributed by atoms with E-state index in [-0.39, 0.29) is 0 Å². The van der Waals surface area contributed by atoms with E-state index in [9.17, 15) is 0 Å². The summed E-state index contributed by atoms with van der Waals surface area (Å²) in [5, 5.41) is 3.66. The van der Waals surface area contributed by atoms with Gasteiger partial charge in [-0.3, -0.25) is 4.98 Å². The molecule has 1 aliphatic rings. The molecule has 3 atom stereocenters. The SMILES string of the molecule is CCNC(c1ncc(Br)cc1Br)C1CC(C)CC(C)C1. The van der Waals surface area contributed by atoms with Gasteiger partial charge in [0.1, 0.15) is 0 Å². The molecule has 2 rings (SSSR count). The van der Waals surface area contributed by atoms with Crippen LogP contribution in [0.4, 0.5) is 0 Å². The van der Waals surface area contributed by atoms with Gasteiger partial charge in [0.05, 0.1) is 11.7 Å². The summed E-state index contributed by atoms with van der Waals surface area (Å²) in [6.45, 7) is 7.93. The Labute approximate surface area is 139 Å². The summed E-state index contributed by atoms with van der Waals surface area (Å²) in [6.07, 6.45) is 5.86. The molecule has 1 fully saturated rings. The van der Waals surface area contributed by atoms with Crippen molar-refractivity contribution in [1.29, 1.82) is 0 Å². The summed E-state index contributed by atoms with van der Waals surface area (Å²) in [4.78, 5) is 4.67. The lowest BCUT2D eigenvalue weighted by Gasteiger charge is -2.37. The van der Waals surface area contributed by atoms with E-state index in [4.69, 9.17) is 0 Å². The standard InChI is InChI=1S/C16H24Br2N2/c1-4-19-15(12-6-10(2)5-11(3)7-12)16-14(18)8-13(17)9-20-16/h8-12,15,19H,4-7H2,1-3H3. The van der Waals surface area contributed by atoms with Crippen LogP contribution in [0.3, 0.4) is 0 Å². The smallest absolute Gasteiger partial charge is 0.0718 e. The van der Waals surface area contributed by atoms with Crippen LogP contribution in [0.15, 0.2) is 21.2 Å². The van der Waals surface area contributed by atoms with Gasteiger partial charge in [-0.15, -0.1) is 0 Å². The number of pyridine rings is 1. The second-order valence-corrected chi connectivity index (χ2v) is 8.00. The molecule has 3 unspecified atom stereocenters. The highest BCUT2D eigenvalue weighted by atomic mass is 79.9. The van der Waals surface area contributed by atoms with Gasteiger partial charge in [0, 0.05) is 15.1 Å². The summed E-state index contributed by atoms with van der Waals surface area (Å²) < 4.78 is 2.12. The van der Waals surface area contributed by atoms with Gasteiger partial charge in [-0.05, 0) is 81.5 Å². The number of halogens is 2. The molecule has 0 aliphatic heterocycles. The molecule has 0 spiro atoms. The fourth-order valence-corrected chi connectivity index (χ4v) is 4.88. The molecule has 0 amide bonds. The van der Waals surface area contributed by atoms with Gasteiger partial charge in [-0.1, -0.05) is 20.8 Å². The second kappa shape index (κ2) is 7.37. The molecule has 1 aromatic heterocycles. The van der Waals surface area contributed by atoms with Gasteiger partial charge < -0.3 is 5.32 Å². The fourth-order valence-electron chi connectivity index (χ4n) is 3.64. The molecule has 112 valence electrons. The van der Waals surface area contributed by atoms with Crippen LogP contribution in [-0.4, -0.2) is 11.5 Å². The number of aromatic nitrogens is 1. The van der Waals surface area contributed by atoms with Crippen LogP contribution in [0.25, 0.3) is 0 Å². The minimum Gasteiger partial charge on any atom is -0.309 e. The van der Waals surface area contributed by atoms with Crippen LogP contribution >= 0.6 is 31.9 Å². The van der Waals surface area contributed by atoms with E-state index in [1.54, 1.807) is 0 Å². The molecule has 1 N–H and O–H groups in total. The molecular formula is C16H24Br2N2. The van der Waals surface area contributed by atoms with E-state index in [1.165, 1.54) is 19.3 Å². The summed E-state index contributed by atoms with van der Waals surface area (Å²) in [5.74, 6) is 2.32. The third-order valence-corrected chi connectivity index (χ3v) is 5.31. The minimum absolute atomic E-state index is 0.354. The first kappa shape index (κ1) is 16.4. The fraction of sp³-hybridized carbons (Fsp3) is 0.688. The lowest BCUT2D eigenvalue weighted by atomic mass is 9.73. The number of nitrogens with zero attached hydrogens (tertiary/aromatic N) is 1. The Morgan fingerprint density at radius 2 is 1.90 bits per heavy atom. The van der Waals surface area contributed by atoms with Crippen molar-refractivity contribution in [3.63, 3.8) is 0 Å². The van der Waals surface area contributed by atoms with E-state index in [0.29, 0.717) is 12.0 Å². The molecule has 2 nitrogen and oxygen atoms in total. The minimum atomic E-state index is 0.354. The van der Waals surface area contributed by atoms with E-state index < -0.39 is 0 Å². The van der Waals surface area contributed by atoms with E-state index in [2.05, 4.69) is 69.0 Å². The normalized spacial score (nSPS) is 28.4. The Hall–Kier alpha value is 0.0700. The third kappa shape index (κ3) is 4.05. The summed E-state index contributed by atoms with van der Waals surface area (Å²) in [6, 6.07) is 2.45. The topological polar surface area (TPSA) is 24.9 Å². The number of hydrogen-bond acceptors (Lipinski definition) is 2. The molecular weight excluding hydrogens is 380 g/mol. The molecule has 1 saturated carbocycles. The molecule has 1 aliphatic carbocycles. The van der Waals surface area contributed by atoms with Crippen molar-refractivity contribution in [2.24, 2.45) is 17.8 Å². The summed E-state index contributed by atoms with van der Waals surface area (Å²) >= 11 is 7.17. The Kier molecular flexibility index (Phi) is 6.06. The molecule has 0 radical (unpaired) electrons. The van der Waals surface area contributed by atoms with Gasteiger partial charge in [0.2, 0.25) is 0 Å². The Morgan fingerprint density at radius 1 is 1.25 bits per heavy atom. The third-order valence-electron chi connectivity index (χ3n) is 4.24. The highest BCUT2D eigenvalue weighted by molar-refractivity contribution is 9.11. The Bertz CT molecular complexity index is 440. The van der Waals surface area contributed by atoms with Crippen molar-refractivity contribution in [1.82, 2.24) is 10.3 Å². The Morgan fingerprint density at radius 3 is 2.45 bits per heavy atom. The van der Waals surface area contributed by atoms with Crippen molar-refractivity contribution < 1.29 is 0 Å². The average molecular weight is 404 g/mol. The van der Waals surface area contributed by atoms with Gasteiger partial charge >= 0.3 is 0 Å². The Balaban J connectivity index is 2.25. The number of nitrogens with one attached hydrogen (secondary N) is 1. The van der Waals surface area contributed by atoms with Gasteiger partial charge in [0.15, 0.2) is 0 Å².